The summed E-state index contributed by atoms with van der Waals surface area (Å²) >= 11 is 11.9. The fourth-order valence-electron chi connectivity index (χ4n) is 2.88. The number of hydrogen-bond donors (Lipinski definition) is 1. The maximum Gasteiger partial charge on any atom is 0.332 e. The van der Waals surface area contributed by atoms with Crippen molar-refractivity contribution >= 4 is 40.8 Å². The molecule has 1 atom stereocenters. The maximum absolute atomic E-state index is 13.1. The van der Waals surface area contributed by atoms with Gasteiger partial charge in [0.05, 0.1) is 22.3 Å². The van der Waals surface area contributed by atoms with Crippen molar-refractivity contribution in [2.45, 2.75) is 5.54 Å². The molecule has 124 valence electrons. The highest BCUT2D eigenvalue weighted by molar-refractivity contribution is 6.42. The molecule has 1 N–H and O–H groups in total. The van der Waals surface area contributed by atoms with Crippen molar-refractivity contribution < 1.29 is 14.7 Å². The van der Waals surface area contributed by atoms with E-state index >= 15 is 0 Å². The molecule has 0 saturated carbocycles. The zero-order valence-electron chi connectivity index (χ0n) is 12.7. The molecule has 0 aromatic heterocycles. The molecular formula is C17H14Cl2N2O3. The highest BCUT2D eigenvalue weighted by Crippen LogP contribution is 2.39. The summed E-state index contributed by atoms with van der Waals surface area (Å²) in [4.78, 5) is 28.1. The Morgan fingerprint density at radius 3 is 2.29 bits per heavy atom. The first-order valence-electron chi connectivity index (χ1n) is 7.17. The summed E-state index contributed by atoms with van der Waals surface area (Å²) in [7, 11) is 1.49. The van der Waals surface area contributed by atoms with Crippen LogP contribution >= 0.6 is 23.2 Å². The smallest absolute Gasteiger partial charge is 0.332 e. The second-order valence-electron chi connectivity index (χ2n) is 5.46. The number of rotatable bonds is 3. The van der Waals surface area contributed by atoms with Gasteiger partial charge < -0.3 is 10.0 Å². The summed E-state index contributed by atoms with van der Waals surface area (Å²) in [5.74, 6) is -0.540. The van der Waals surface area contributed by atoms with Gasteiger partial charge in [-0.3, -0.25) is 4.79 Å². The van der Waals surface area contributed by atoms with Crippen LogP contribution in [0.1, 0.15) is 5.56 Å². The van der Waals surface area contributed by atoms with Crippen molar-refractivity contribution in [1.29, 1.82) is 0 Å². The first-order valence-corrected chi connectivity index (χ1v) is 7.93. The van der Waals surface area contributed by atoms with E-state index in [1.165, 1.54) is 30.1 Å². The predicted octanol–water partition coefficient (Wildman–Crippen LogP) is 3.28. The van der Waals surface area contributed by atoms with E-state index in [1.807, 2.05) is 0 Å². The van der Waals surface area contributed by atoms with Crippen LogP contribution in [-0.2, 0) is 10.3 Å². The average Bonchev–Trinajstić information content (AvgIpc) is 2.78. The molecule has 0 spiro atoms. The SMILES string of the molecule is CN1C(=O)N(c2ccc(Cl)c(Cl)c2)C(=O)[C@@]1(CO)c1ccccc1. The first-order chi connectivity index (χ1) is 11.4. The van der Waals surface area contributed by atoms with Crippen molar-refractivity contribution in [2.24, 2.45) is 0 Å². The number of halogens is 2. The quantitative estimate of drug-likeness (QED) is 0.850. The molecule has 2 aromatic carbocycles. The number of carbonyl (C=O) groups excluding carboxylic acids is 2. The highest BCUT2D eigenvalue weighted by Gasteiger charge is 2.57. The molecular weight excluding hydrogens is 351 g/mol. The molecule has 1 heterocycles. The Balaban J connectivity index is 2.14. The number of carbonyl (C=O) groups is 2. The Morgan fingerprint density at radius 1 is 1.04 bits per heavy atom. The van der Waals surface area contributed by atoms with E-state index in [1.54, 1.807) is 30.3 Å². The second-order valence-corrected chi connectivity index (χ2v) is 6.28. The molecule has 0 bridgehead atoms. The lowest BCUT2D eigenvalue weighted by Gasteiger charge is -2.31. The zero-order chi connectivity index (χ0) is 17.5. The molecule has 3 rings (SSSR count). The fraction of sp³-hybridized carbons (Fsp3) is 0.176. The van der Waals surface area contributed by atoms with Crippen LogP contribution in [0.25, 0.3) is 0 Å². The molecule has 0 aliphatic carbocycles. The van der Waals surface area contributed by atoms with Gasteiger partial charge in [0.1, 0.15) is 0 Å². The van der Waals surface area contributed by atoms with E-state index in [0.29, 0.717) is 16.3 Å². The number of nitrogens with zero attached hydrogens (tertiary/aromatic N) is 2. The van der Waals surface area contributed by atoms with E-state index in [0.717, 1.165) is 4.90 Å². The third-order valence-corrected chi connectivity index (χ3v) is 4.99. The van der Waals surface area contributed by atoms with Gasteiger partial charge in [-0.1, -0.05) is 53.5 Å². The number of benzene rings is 2. The third kappa shape index (κ3) is 2.28. The minimum absolute atomic E-state index is 0.235. The van der Waals surface area contributed by atoms with Crippen molar-refractivity contribution in [1.82, 2.24) is 4.90 Å². The van der Waals surface area contributed by atoms with Crippen molar-refractivity contribution in [3.05, 3.63) is 64.1 Å². The Hall–Kier alpha value is -2.08. The molecule has 1 saturated heterocycles. The lowest BCUT2D eigenvalue weighted by atomic mass is 9.89. The number of aliphatic hydroxyl groups is 1. The van der Waals surface area contributed by atoms with Crippen molar-refractivity contribution in [3.8, 4) is 0 Å². The lowest BCUT2D eigenvalue weighted by Crippen LogP contribution is -2.48. The van der Waals surface area contributed by atoms with Crippen molar-refractivity contribution in [3.63, 3.8) is 0 Å². The Bertz CT molecular complexity index is 813. The second kappa shape index (κ2) is 6.09. The number of imide groups is 1. The van der Waals surface area contributed by atoms with Gasteiger partial charge in [0.2, 0.25) is 0 Å². The van der Waals surface area contributed by atoms with Crippen LogP contribution in [0.5, 0.6) is 0 Å². The van der Waals surface area contributed by atoms with Gasteiger partial charge in [-0.2, -0.15) is 0 Å². The van der Waals surface area contributed by atoms with Crippen LogP contribution in [0.15, 0.2) is 48.5 Å². The van der Waals surface area contributed by atoms with E-state index in [-0.39, 0.29) is 5.02 Å². The third-order valence-electron chi connectivity index (χ3n) is 4.25. The Labute approximate surface area is 149 Å². The summed E-state index contributed by atoms with van der Waals surface area (Å²) in [6.45, 7) is -0.532. The number of amides is 3. The topological polar surface area (TPSA) is 60.9 Å². The fourth-order valence-corrected chi connectivity index (χ4v) is 3.17. The minimum atomic E-state index is -1.47. The van der Waals surface area contributed by atoms with Crippen LogP contribution in [0.4, 0.5) is 10.5 Å². The van der Waals surface area contributed by atoms with Gasteiger partial charge in [-0.25, -0.2) is 9.69 Å². The zero-order valence-corrected chi connectivity index (χ0v) is 14.3. The summed E-state index contributed by atoms with van der Waals surface area (Å²) in [6, 6.07) is 12.7. The van der Waals surface area contributed by atoms with Gasteiger partial charge >= 0.3 is 6.03 Å². The Kier molecular flexibility index (Phi) is 4.25. The maximum atomic E-state index is 13.1. The van der Waals surface area contributed by atoms with Gasteiger partial charge in [0.25, 0.3) is 5.91 Å². The van der Waals surface area contributed by atoms with E-state index in [2.05, 4.69) is 0 Å². The minimum Gasteiger partial charge on any atom is -0.393 e. The van der Waals surface area contributed by atoms with Crippen molar-refractivity contribution in [2.75, 3.05) is 18.6 Å². The molecule has 3 amide bonds. The standard InChI is InChI=1S/C17H14Cl2N2O3/c1-20-16(24)21(12-7-8-13(18)14(19)9-12)15(23)17(20,10-22)11-5-3-2-4-6-11/h2-9,22H,10H2,1H3/t17-/m1/s1. The number of anilines is 1. The van der Waals surface area contributed by atoms with Gasteiger partial charge in [-0.05, 0) is 23.8 Å². The molecule has 1 fully saturated rings. The summed E-state index contributed by atoms with van der Waals surface area (Å²) < 4.78 is 0. The molecule has 1 aliphatic rings. The normalized spacial score (nSPS) is 20.8. The largest absolute Gasteiger partial charge is 0.393 e. The first kappa shape index (κ1) is 16.8. The molecule has 7 heteroatoms. The number of hydrogen-bond acceptors (Lipinski definition) is 3. The number of urea groups is 1. The molecule has 5 nitrogen and oxygen atoms in total. The predicted molar refractivity (Wildman–Crippen MR) is 92.3 cm³/mol. The molecule has 24 heavy (non-hydrogen) atoms. The van der Waals surface area contributed by atoms with Crippen LogP contribution in [-0.4, -0.2) is 35.6 Å². The van der Waals surface area contributed by atoms with Gasteiger partial charge in [0.15, 0.2) is 5.54 Å². The lowest BCUT2D eigenvalue weighted by molar-refractivity contribution is -0.127. The Morgan fingerprint density at radius 2 is 1.71 bits per heavy atom. The van der Waals surface area contributed by atoms with Gasteiger partial charge in [-0.15, -0.1) is 0 Å². The average molecular weight is 365 g/mol. The summed E-state index contributed by atoms with van der Waals surface area (Å²) in [6.07, 6.45) is 0. The molecule has 0 radical (unpaired) electrons. The summed E-state index contributed by atoms with van der Waals surface area (Å²) in [5, 5.41) is 10.6. The molecule has 0 unspecified atom stereocenters. The molecule has 2 aromatic rings. The summed E-state index contributed by atoms with van der Waals surface area (Å²) in [5.41, 5.74) is -0.627. The van der Waals surface area contributed by atoms with Crippen LogP contribution < -0.4 is 4.90 Å². The van der Waals surface area contributed by atoms with Crippen LogP contribution in [0.3, 0.4) is 0 Å². The van der Waals surface area contributed by atoms with E-state index in [4.69, 9.17) is 23.2 Å². The monoisotopic (exact) mass is 364 g/mol. The van der Waals surface area contributed by atoms with Crippen LogP contribution in [0, 0.1) is 0 Å². The highest BCUT2D eigenvalue weighted by atomic mass is 35.5. The number of aliphatic hydroxyl groups excluding tert-OH is 1. The van der Waals surface area contributed by atoms with E-state index in [9.17, 15) is 14.7 Å². The van der Waals surface area contributed by atoms with E-state index < -0.39 is 24.1 Å². The van der Waals surface area contributed by atoms with Gasteiger partial charge in [0, 0.05) is 7.05 Å². The van der Waals surface area contributed by atoms with Crippen LogP contribution in [0.2, 0.25) is 10.0 Å². The molecule has 1 aliphatic heterocycles. The number of likely N-dealkylation sites (N-methyl/N-ethyl adjacent to an activating group) is 1.